The van der Waals surface area contributed by atoms with Gasteiger partial charge in [-0.3, -0.25) is 0 Å². The van der Waals surface area contributed by atoms with Crippen LogP contribution in [0, 0.1) is 5.92 Å². The average molecular weight is 218 g/mol. The van der Waals surface area contributed by atoms with E-state index in [0.717, 1.165) is 12.7 Å². The fraction of sp³-hybridized carbons (Fsp3) is 0.833. The SMILES string of the molecule is CC(C)C=O.CCC(C)=O.CCC(C)O. The molecule has 0 aliphatic carbocycles. The number of Topliss-reactive ketones (excluding diaryl/α,β-unsaturated/α-hetero) is 1. The molecule has 0 saturated carbocycles. The zero-order valence-electron chi connectivity index (χ0n) is 10.9. The lowest BCUT2D eigenvalue weighted by molar-refractivity contribution is -0.116. The normalized spacial score (nSPS) is 10.4. The summed E-state index contributed by atoms with van der Waals surface area (Å²) in [5.74, 6) is 0.458. The van der Waals surface area contributed by atoms with Crippen LogP contribution in [0.3, 0.4) is 0 Å². The molecule has 0 amide bonds. The molecule has 0 saturated heterocycles. The van der Waals surface area contributed by atoms with Gasteiger partial charge >= 0.3 is 0 Å². The van der Waals surface area contributed by atoms with Crippen LogP contribution in [-0.4, -0.2) is 23.3 Å². The molecule has 0 radical (unpaired) electrons. The number of aldehydes is 1. The molecule has 1 unspecified atom stereocenters. The van der Waals surface area contributed by atoms with Gasteiger partial charge in [0.1, 0.15) is 12.1 Å². The van der Waals surface area contributed by atoms with Crippen LogP contribution < -0.4 is 0 Å². The van der Waals surface area contributed by atoms with Crippen LogP contribution in [0.1, 0.15) is 54.4 Å². The lowest BCUT2D eigenvalue weighted by atomic mass is 10.3. The first-order valence-electron chi connectivity index (χ1n) is 5.44. The van der Waals surface area contributed by atoms with Crippen LogP contribution >= 0.6 is 0 Å². The van der Waals surface area contributed by atoms with Crippen molar-refractivity contribution in [2.24, 2.45) is 5.92 Å². The first kappa shape index (κ1) is 19.8. The Hall–Kier alpha value is -0.700. The van der Waals surface area contributed by atoms with Crippen molar-refractivity contribution in [2.45, 2.75) is 60.5 Å². The Labute approximate surface area is 93.9 Å². The number of hydrogen-bond donors (Lipinski definition) is 1. The molecule has 0 aliphatic rings. The van der Waals surface area contributed by atoms with Crippen molar-refractivity contribution in [2.75, 3.05) is 0 Å². The van der Waals surface area contributed by atoms with E-state index in [1.165, 1.54) is 0 Å². The van der Waals surface area contributed by atoms with Crippen LogP contribution in [0.5, 0.6) is 0 Å². The molecule has 0 aromatic carbocycles. The molecule has 3 nitrogen and oxygen atoms in total. The minimum atomic E-state index is -0.116. The van der Waals surface area contributed by atoms with Crippen LogP contribution in [0.25, 0.3) is 0 Å². The average Bonchev–Trinajstić information content (AvgIpc) is 2.19. The number of aliphatic hydroxyl groups excluding tert-OH is 1. The van der Waals surface area contributed by atoms with Gasteiger partial charge in [0.2, 0.25) is 0 Å². The summed E-state index contributed by atoms with van der Waals surface area (Å²) in [6.07, 6.45) is 2.33. The number of hydrogen-bond acceptors (Lipinski definition) is 3. The summed E-state index contributed by atoms with van der Waals surface area (Å²) in [5.41, 5.74) is 0. The zero-order chi connectivity index (χ0) is 12.9. The Bertz CT molecular complexity index is 140. The second-order valence-corrected chi connectivity index (χ2v) is 3.69. The number of rotatable bonds is 3. The lowest BCUT2D eigenvalue weighted by Gasteiger charge is -1.90. The summed E-state index contributed by atoms with van der Waals surface area (Å²) in [5, 5.41) is 8.36. The van der Waals surface area contributed by atoms with Crippen molar-refractivity contribution >= 4 is 12.1 Å². The smallest absolute Gasteiger partial charge is 0.129 e. The zero-order valence-corrected chi connectivity index (χ0v) is 10.9. The molecule has 0 rings (SSSR count). The maximum Gasteiger partial charge on any atom is 0.129 e. The summed E-state index contributed by atoms with van der Waals surface area (Å²) in [6.45, 7) is 10.9. The topological polar surface area (TPSA) is 54.4 Å². The maximum atomic E-state index is 9.81. The van der Waals surface area contributed by atoms with Crippen LogP contribution in [-0.2, 0) is 9.59 Å². The lowest BCUT2D eigenvalue weighted by Crippen LogP contribution is -1.93. The number of aliphatic hydroxyl groups is 1. The highest BCUT2D eigenvalue weighted by atomic mass is 16.3. The highest BCUT2D eigenvalue weighted by molar-refractivity contribution is 5.74. The van der Waals surface area contributed by atoms with Crippen molar-refractivity contribution in [3.63, 3.8) is 0 Å². The predicted octanol–water partition coefficient (Wildman–Crippen LogP) is 2.60. The van der Waals surface area contributed by atoms with Gasteiger partial charge in [0.05, 0.1) is 6.10 Å². The molecule has 1 atom stereocenters. The van der Waals surface area contributed by atoms with Gasteiger partial charge in [-0.25, -0.2) is 0 Å². The van der Waals surface area contributed by atoms with Crippen LogP contribution in [0.4, 0.5) is 0 Å². The summed E-state index contributed by atoms with van der Waals surface area (Å²) in [6, 6.07) is 0. The van der Waals surface area contributed by atoms with Gasteiger partial charge in [0, 0.05) is 12.3 Å². The highest BCUT2D eigenvalue weighted by Crippen LogP contribution is 1.81. The fourth-order valence-corrected chi connectivity index (χ4v) is 0. The molecule has 0 aliphatic heterocycles. The minimum Gasteiger partial charge on any atom is -0.393 e. The third kappa shape index (κ3) is 60.5. The Kier molecular flexibility index (Phi) is 20.8. The summed E-state index contributed by atoms with van der Waals surface area (Å²) < 4.78 is 0. The third-order valence-corrected chi connectivity index (χ3v) is 1.36. The van der Waals surface area contributed by atoms with E-state index in [9.17, 15) is 9.59 Å². The molecule has 15 heavy (non-hydrogen) atoms. The Balaban J connectivity index is -0.000000144. The molecule has 0 spiro atoms. The second-order valence-electron chi connectivity index (χ2n) is 3.69. The van der Waals surface area contributed by atoms with Crippen molar-refractivity contribution in [1.82, 2.24) is 0 Å². The quantitative estimate of drug-likeness (QED) is 0.741. The third-order valence-electron chi connectivity index (χ3n) is 1.36. The highest BCUT2D eigenvalue weighted by Gasteiger charge is 1.81. The molecule has 0 bridgehead atoms. The summed E-state index contributed by atoms with van der Waals surface area (Å²) in [4.78, 5) is 19.3. The standard InChI is InChI=1S/C4H8O.C4H10O.C4H8O/c1-4(2)3-5;2*1-3-4(2)5/h3-4H,1-2H3;4-5H,3H2,1-2H3;3H2,1-2H3. The van der Waals surface area contributed by atoms with Crippen molar-refractivity contribution in [1.29, 1.82) is 0 Å². The Morgan fingerprint density at radius 3 is 1.47 bits per heavy atom. The van der Waals surface area contributed by atoms with Crippen molar-refractivity contribution in [3.8, 4) is 0 Å². The van der Waals surface area contributed by atoms with Gasteiger partial charge in [-0.1, -0.05) is 27.7 Å². The van der Waals surface area contributed by atoms with E-state index in [0.29, 0.717) is 6.42 Å². The molecular weight excluding hydrogens is 192 g/mol. The van der Waals surface area contributed by atoms with E-state index in [1.807, 2.05) is 27.7 Å². The van der Waals surface area contributed by atoms with E-state index in [4.69, 9.17) is 5.11 Å². The molecule has 1 N–H and O–H groups in total. The van der Waals surface area contributed by atoms with Crippen molar-refractivity contribution in [3.05, 3.63) is 0 Å². The van der Waals surface area contributed by atoms with E-state index in [2.05, 4.69) is 0 Å². The monoisotopic (exact) mass is 218 g/mol. The Morgan fingerprint density at radius 2 is 1.47 bits per heavy atom. The molecule has 0 heterocycles. The molecule has 0 fully saturated rings. The van der Waals surface area contributed by atoms with Gasteiger partial charge in [-0.2, -0.15) is 0 Å². The van der Waals surface area contributed by atoms with Gasteiger partial charge < -0.3 is 14.7 Å². The van der Waals surface area contributed by atoms with Crippen LogP contribution in [0.2, 0.25) is 0 Å². The van der Waals surface area contributed by atoms with Crippen LogP contribution in [0.15, 0.2) is 0 Å². The van der Waals surface area contributed by atoms with Gasteiger partial charge in [0.25, 0.3) is 0 Å². The first-order chi connectivity index (χ1) is 6.81. The second kappa shape index (κ2) is 15.8. The number of carbonyl (C=O) groups excluding carboxylic acids is 2. The number of ketones is 1. The molecule has 3 heteroatoms. The fourth-order valence-electron chi connectivity index (χ4n) is 0. The van der Waals surface area contributed by atoms with E-state index in [-0.39, 0.29) is 17.8 Å². The van der Waals surface area contributed by atoms with Gasteiger partial charge in [-0.15, -0.1) is 0 Å². The largest absolute Gasteiger partial charge is 0.393 e. The van der Waals surface area contributed by atoms with Gasteiger partial charge in [-0.05, 0) is 20.3 Å². The number of carbonyl (C=O) groups is 2. The summed E-state index contributed by atoms with van der Waals surface area (Å²) in [7, 11) is 0. The van der Waals surface area contributed by atoms with E-state index < -0.39 is 0 Å². The van der Waals surface area contributed by atoms with E-state index in [1.54, 1.807) is 13.8 Å². The maximum absolute atomic E-state index is 9.81. The molecular formula is C12H26O3. The Morgan fingerprint density at radius 1 is 1.27 bits per heavy atom. The van der Waals surface area contributed by atoms with Gasteiger partial charge in [0.15, 0.2) is 0 Å². The first-order valence-corrected chi connectivity index (χ1v) is 5.44. The minimum absolute atomic E-state index is 0.116. The molecule has 0 aromatic heterocycles. The molecule has 92 valence electrons. The van der Waals surface area contributed by atoms with Crippen molar-refractivity contribution < 1.29 is 14.7 Å². The van der Waals surface area contributed by atoms with E-state index >= 15 is 0 Å². The molecule has 0 aromatic rings. The summed E-state index contributed by atoms with van der Waals surface area (Å²) >= 11 is 0. The predicted molar refractivity (Wildman–Crippen MR) is 63.8 cm³/mol.